The standard InChI is InChI=1S/C26H32N4O3/c31-26(27-18-25(21-11-14-33-19-21)29-12-15-32-16-13-29)23-17-24(20-7-3-1-4-8-20)30(28-23)22-9-5-2-6-10-22/h1-10,21,24-25H,11-19H2,(H,27,31)/t21-,24+,25-/m1/s1. The molecule has 2 aromatic carbocycles. The Bertz CT molecular complexity index is 941. The first-order chi connectivity index (χ1) is 16.3. The Kier molecular flexibility index (Phi) is 7.00. The van der Waals surface area contributed by atoms with E-state index in [-0.39, 0.29) is 18.0 Å². The molecule has 3 aliphatic rings. The number of rotatable bonds is 7. The molecular weight excluding hydrogens is 416 g/mol. The van der Waals surface area contributed by atoms with Gasteiger partial charge in [-0.1, -0.05) is 48.5 Å². The molecule has 0 aromatic heterocycles. The highest BCUT2D eigenvalue weighted by atomic mass is 16.5. The predicted molar refractivity (Wildman–Crippen MR) is 128 cm³/mol. The number of nitrogens with one attached hydrogen (secondary N) is 1. The van der Waals surface area contributed by atoms with Crippen LogP contribution in [0.25, 0.3) is 0 Å². The normalized spacial score (nSPS) is 24.5. The molecule has 7 heteroatoms. The lowest BCUT2D eigenvalue weighted by molar-refractivity contribution is -0.115. The topological polar surface area (TPSA) is 66.4 Å². The molecule has 0 saturated carbocycles. The second-order valence-corrected chi connectivity index (χ2v) is 8.91. The Morgan fingerprint density at radius 3 is 2.42 bits per heavy atom. The van der Waals surface area contributed by atoms with Crippen LogP contribution in [0.1, 0.15) is 24.4 Å². The molecule has 0 spiro atoms. The summed E-state index contributed by atoms with van der Waals surface area (Å²) in [6.07, 6.45) is 1.62. The molecule has 3 heterocycles. The SMILES string of the molecule is O=C(NC[C@H]([C@@H]1CCOC1)N1CCOCC1)C1=NN(c2ccccc2)[C@H](c2ccccc2)C1. The van der Waals surface area contributed by atoms with Crippen molar-refractivity contribution in [2.45, 2.75) is 24.9 Å². The highest BCUT2D eigenvalue weighted by molar-refractivity contribution is 6.39. The number of morpholine rings is 1. The highest BCUT2D eigenvalue weighted by Crippen LogP contribution is 2.35. The van der Waals surface area contributed by atoms with E-state index < -0.39 is 0 Å². The van der Waals surface area contributed by atoms with Gasteiger partial charge >= 0.3 is 0 Å². The maximum Gasteiger partial charge on any atom is 0.267 e. The number of benzene rings is 2. The molecule has 2 aromatic rings. The average Bonchev–Trinajstić information content (AvgIpc) is 3.57. The first-order valence-corrected chi connectivity index (χ1v) is 11.9. The van der Waals surface area contributed by atoms with Crippen molar-refractivity contribution in [2.24, 2.45) is 11.0 Å². The minimum Gasteiger partial charge on any atom is -0.381 e. The summed E-state index contributed by atoms with van der Waals surface area (Å²) in [5.74, 6) is 0.360. The summed E-state index contributed by atoms with van der Waals surface area (Å²) >= 11 is 0. The largest absolute Gasteiger partial charge is 0.381 e. The summed E-state index contributed by atoms with van der Waals surface area (Å²) in [5, 5.41) is 9.97. The lowest BCUT2D eigenvalue weighted by Gasteiger charge is -2.37. The summed E-state index contributed by atoms with van der Waals surface area (Å²) < 4.78 is 11.2. The van der Waals surface area contributed by atoms with Crippen molar-refractivity contribution in [1.82, 2.24) is 10.2 Å². The third kappa shape index (κ3) is 5.11. The number of carbonyl (C=O) groups is 1. The van der Waals surface area contributed by atoms with Crippen LogP contribution in [-0.4, -0.2) is 68.6 Å². The summed E-state index contributed by atoms with van der Waals surface area (Å²) in [7, 11) is 0. The van der Waals surface area contributed by atoms with Crippen molar-refractivity contribution in [2.75, 3.05) is 51.1 Å². The Balaban J connectivity index is 1.30. The van der Waals surface area contributed by atoms with Crippen LogP contribution in [0.15, 0.2) is 65.8 Å². The summed E-state index contributed by atoms with van der Waals surface area (Å²) in [4.78, 5) is 15.7. The van der Waals surface area contributed by atoms with Crippen molar-refractivity contribution in [3.05, 3.63) is 66.2 Å². The van der Waals surface area contributed by atoms with Gasteiger partial charge < -0.3 is 14.8 Å². The molecule has 1 amide bonds. The number of hydrazone groups is 1. The number of para-hydroxylation sites is 1. The van der Waals surface area contributed by atoms with Gasteiger partial charge in [-0.2, -0.15) is 5.10 Å². The molecule has 0 unspecified atom stereocenters. The molecule has 2 saturated heterocycles. The van der Waals surface area contributed by atoms with Crippen LogP contribution in [-0.2, 0) is 14.3 Å². The molecule has 33 heavy (non-hydrogen) atoms. The van der Waals surface area contributed by atoms with E-state index >= 15 is 0 Å². The molecule has 3 aliphatic heterocycles. The molecule has 3 atom stereocenters. The van der Waals surface area contributed by atoms with Gasteiger partial charge in [0.25, 0.3) is 5.91 Å². The van der Waals surface area contributed by atoms with E-state index in [0.29, 0.717) is 24.6 Å². The zero-order valence-corrected chi connectivity index (χ0v) is 18.9. The van der Waals surface area contributed by atoms with Crippen LogP contribution in [0.4, 0.5) is 5.69 Å². The molecule has 174 valence electrons. The van der Waals surface area contributed by atoms with Gasteiger partial charge in [-0.3, -0.25) is 14.7 Å². The average molecular weight is 449 g/mol. The Labute approximate surface area is 195 Å². The van der Waals surface area contributed by atoms with Gasteiger partial charge in [0.2, 0.25) is 0 Å². The smallest absolute Gasteiger partial charge is 0.267 e. The minimum absolute atomic E-state index is 0.00706. The van der Waals surface area contributed by atoms with Crippen LogP contribution < -0.4 is 10.3 Å². The van der Waals surface area contributed by atoms with Crippen molar-refractivity contribution in [1.29, 1.82) is 0 Å². The monoisotopic (exact) mass is 448 g/mol. The van der Waals surface area contributed by atoms with E-state index in [4.69, 9.17) is 14.6 Å². The van der Waals surface area contributed by atoms with Gasteiger partial charge in [0.05, 0.1) is 31.5 Å². The molecule has 0 bridgehead atoms. The number of amides is 1. The van der Waals surface area contributed by atoms with Crippen LogP contribution in [0, 0.1) is 5.92 Å². The van der Waals surface area contributed by atoms with Crippen molar-refractivity contribution in [3.63, 3.8) is 0 Å². The lowest BCUT2D eigenvalue weighted by Crippen LogP contribution is -2.52. The Morgan fingerprint density at radius 2 is 1.73 bits per heavy atom. The van der Waals surface area contributed by atoms with Gasteiger partial charge in [-0.25, -0.2) is 0 Å². The lowest BCUT2D eigenvalue weighted by atomic mass is 9.96. The van der Waals surface area contributed by atoms with Gasteiger partial charge in [0, 0.05) is 44.6 Å². The van der Waals surface area contributed by atoms with Crippen LogP contribution >= 0.6 is 0 Å². The number of anilines is 1. The summed E-state index contributed by atoms with van der Waals surface area (Å²) in [6.45, 7) is 5.46. The fourth-order valence-corrected chi connectivity index (χ4v) is 5.06. The molecular formula is C26H32N4O3. The van der Waals surface area contributed by atoms with Gasteiger partial charge in [0.1, 0.15) is 5.71 Å². The molecule has 7 nitrogen and oxygen atoms in total. The van der Waals surface area contributed by atoms with E-state index in [0.717, 1.165) is 57.2 Å². The zero-order valence-electron chi connectivity index (χ0n) is 18.9. The number of nitrogens with zero attached hydrogens (tertiary/aromatic N) is 3. The van der Waals surface area contributed by atoms with Gasteiger partial charge in [-0.05, 0) is 24.1 Å². The van der Waals surface area contributed by atoms with Crippen LogP contribution in [0.3, 0.4) is 0 Å². The van der Waals surface area contributed by atoms with Gasteiger partial charge in [-0.15, -0.1) is 0 Å². The second kappa shape index (κ2) is 10.5. The summed E-state index contributed by atoms with van der Waals surface area (Å²) in [6, 6.07) is 20.6. The quantitative estimate of drug-likeness (QED) is 0.706. The first kappa shape index (κ1) is 22.1. The maximum absolute atomic E-state index is 13.3. The molecule has 1 N–H and O–H groups in total. The second-order valence-electron chi connectivity index (χ2n) is 8.91. The highest BCUT2D eigenvalue weighted by Gasteiger charge is 2.35. The molecule has 2 fully saturated rings. The maximum atomic E-state index is 13.3. The van der Waals surface area contributed by atoms with E-state index in [1.165, 1.54) is 0 Å². The van der Waals surface area contributed by atoms with Gasteiger partial charge in [0.15, 0.2) is 0 Å². The van der Waals surface area contributed by atoms with E-state index in [1.54, 1.807) is 0 Å². The Morgan fingerprint density at radius 1 is 1.00 bits per heavy atom. The number of hydrogen-bond donors (Lipinski definition) is 1. The third-order valence-corrected chi connectivity index (χ3v) is 6.87. The predicted octanol–water partition coefficient (Wildman–Crippen LogP) is 2.85. The van der Waals surface area contributed by atoms with Crippen LogP contribution in [0.5, 0.6) is 0 Å². The van der Waals surface area contributed by atoms with Crippen molar-refractivity contribution < 1.29 is 14.3 Å². The van der Waals surface area contributed by atoms with Crippen LogP contribution in [0.2, 0.25) is 0 Å². The number of ether oxygens (including phenoxy) is 2. The minimum atomic E-state index is -0.0773. The number of carbonyl (C=O) groups excluding carboxylic acids is 1. The number of hydrogen-bond acceptors (Lipinski definition) is 6. The van der Waals surface area contributed by atoms with E-state index in [2.05, 4.69) is 22.3 Å². The molecule has 0 aliphatic carbocycles. The van der Waals surface area contributed by atoms with Crippen molar-refractivity contribution in [3.8, 4) is 0 Å². The summed E-state index contributed by atoms with van der Waals surface area (Å²) in [5.41, 5.74) is 2.72. The molecule has 5 rings (SSSR count). The fraction of sp³-hybridized carbons (Fsp3) is 0.462. The molecule has 0 radical (unpaired) electrons. The van der Waals surface area contributed by atoms with Crippen molar-refractivity contribution >= 4 is 17.3 Å². The fourth-order valence-electron chi connectivity index (χ4n) is 5.06. The Hall–Kier alpha value is -2.74. The first-order valence-electron chi connectivity index (χ1n) is 11.9. The zero-order chi connectivity index (χ0) is 22.5. The third-order valence-electron chi connectivity index (χ3n) is 6.87. The van der Waals surface area contributed by atoms with E-state index in [9.17, 15) is 4.79 Å². The van der Waals surface area contributed by atoms with E-state index in [1.807, 2.05) is 53.5 Å².